The molecule has 264 valence electrons. The Hall–Kier alpha value is -5.79. The molecular formula is C29H27Cl2N7O11S. The molecule has 0 saturated carbocycles. The lowest BCUT2D eigenvalue weighted by molar-refractivity contribution is -0.385. The van der Waals surface area contributed by atoms with Crippen molar-refractivity contribution >= 4 is 62.8 Å². The van der Waals surface area contributed by atoms with Crippen molar-refractivity contribution in [2.45, 2.75) is 5.03 Å². The molecule has 0 atom stereocenters. The van der Waals surface area contributed by atoms with Gasteiger partial charge in [0.05, 0.1) is 42.9 Å². The largest absolute Gasteiger partial charge is 0.481 e. The number of amides is 3. The number of methoxy groups -OCH3 is 3. The quantitative estimate of drug-likeness (QED) is 0.128. The van der Waals surface area contributed by atoms with Crippen LogP contribution in [0, 0.1) is 10.1 Å². The average molecular weight is 753 g/mol. The minimum atomic E-state index is -4.46. The summed E-state index contributed by atoms with van der Waals surface area (Å²) in [5.74, 6) is -0.989. The molecule has 0 saturated heterocycles. The highest BCUT2D eigenvalue weighted by atomic mass is 35.5. The number of ether oxygens (including phenoxy) is 4. The lowest BCUT2D eigenvalue weighted by atomic mass is 10.1. The van der Waals surface area contributed by atoms with Gasteiger partial charge in [0, 0.05) is 37.4 Å². The molecule has 2 heterocycles. The zero-order chi connectivity index (χ0) is 37.2. The minimum Gasteiger partial charge on any atom is -0.481 e. The van der Waals surface area contributed by atoms with Crippen LogP contribution < -0.4 is 24.2 Å². The predicted octanol–water partition coefficient (Wildman–Crippen LogP) is 4.58. The second kappa shape index (κ2) is 17.0. The van der Waals surface area contributed by atoms with Gasteiger partial charge in [-0.1, -0.05) is 23.2 Å². The summed E-state index contributed by atoms with van der Waals surface area (Å²) in [6, 6.07) is 11.3. The van der Waals surface area contributed by atoms with Gasteiger partial charge in [0.1, 0.15) is 17.1 Å². The number of benzene rings is 2. The number of anilines is 1. The molecule has 50 heavy (non-hydrogen) atoms. The number of urea groups is 1. The fourth-order valence-corrected chi connectivity index (χ4v) is 5.15. The van der Waals surface area contributed by atoms with Crippen molar-refractivity contribution in [1.82, 2.24) is 24.6 Å². The van der Waals surface area contributed by atoms with E-state index in [1.54, 1.807) is 16.9 Å². The number of hydrogen-bond donors (Lipinski definition) is 2. The standard InChI is InChI=1S/C15H18N6O6S.C14H9Cl2NO5/c1-21(2)13(22)9-6-5-7-16-12(9)28(24,25)20-15(23)19-14-17-10(26-3)8-11(18-14)27-4;1-21-14(18)10-7-9(3-4-12(10)17(19)20)22-13-5-2-8(15)6-11(13)16/h5-8H,1-4H3,(H2,17,18,19,20,23);2-7H,1H3. The SMILES string of the molecule is COC(=O)c1cc(Oc2ccc(Cl)cc2Cl)ccc1[N+](=O)[O-].COc1cc(OC)nc(NC(=O)NS(=O)(=O)c2ncccc2C(=O)N(C)C)n1. The van der Waals surface area contributed by atoms with Crippen molar-refractivity contribution in [2.24, 2.45) is 0 Å². The van der Waals surface area contributed by atoms with E-state index in [9.17, 15) is 32.9 Å². The van der Waals surface area contributed by atoms with Crippen molar-refractivity contribution in [2.75, 3.05) is 40.7 Å². The number of hydrogen-bond acceptors (Lipinski definition) is 14. The van der Waals surface area contributed by atoms with Crippen LogP contribution >= 0.6 is 23.2 Å². The van der Waals surface area contributed by atoms with Gasteiger partial charge in [0.25, 0.3) is 21.6 Å². The molecular weight excluding hydrogens is 725 g/mol. The summed E-state index contributed by atoms with van der Waals surface area (Å²) >= 11 is 11.8. The molecule has 0 spiro atoms. The van der Waals surface area contributed by atoms with Crippen LogP contribution in [0.3, 0.4) is 0 Å². The Labute approximate surface area is 294 Å². The monoisotopic (exact) mass is 751 g/mol. The highest BCUT2D eigenvalue weighted by Crippen LogP contribution is 2.33. The van der Waals surface area contributed by atoms with Crippen LogP contribution in [0.4, 0.5) is 16.4 Å². The number of carbonyl (C=O) groups is 3. The molecule has 0 fully saturated rings. The van der Waals surface area contributed by atoms with Crippen LogP contribution in [0.5, 0.6) is 23.3 Å². The van der Waals surface area contributed by atoms with Gasteiger partial charge in [-0.25, -0.2) is 19.3 Å². The summed E-state index contributed by atoms with van der Waals surface area (Å²) in [4.78, 5) is 58.8. The van der Waals surface area contributed by atoms with Crippen molar-refractivity contribution in [3.8, 4) is 23.3 Å². The third kappa shape index (κ3) is 10.1. The normalized spacial score (nSPS) is 10.5. The molecule has 2 aromatic heterocycles. The molecule has 0 aliphatic rings. The molecule has 21 heteroatoms. The van der Waals surface area contributed by atoms with Crippen LogP contribution in [0.15, 0.2) is 65.8 Å². The first-order chi connectivity index (χ1) is 23.6. The van der Waals surface area contributed by atoms with Crippen LogP contribution in [-0.4, -0.2) is 86.5 Å². The number of rotatable bonds is 10. The van der Waals surface area contributed by atoms with Gasteiger partial charge in [-0.05, 0) is 36.4 Å². The predicted molar refractivity (Wildman–Crippen MR) is 178 cm³/mol. The Balaban J connectivity index is 0.000000278. The molecule has 0 aliphatic carbocycles. The number of sulfonamides is 1. The third-order valence-electron chi connectivity index (χ3n) is 5.90. The summed E-state index contributed by atoms with van der Waals surface area (Å²) in [6.45, 7) is 0. The van der Waals surface area contributed by atoms with E-state index in [-0.39, 0.29) is 45.3 Å². The van der Waals surface area contributed by atoms with Gasteiger partial charge in [0.2, 0.25) is 17.7 Å². The average Bonchev–Trinajstić information content (AvgIpc) is 3.08. The number of nitro groups is 1. The second-order valence-corrected chi connectivity index (χ2v) is 11.9. The number of nitrogens with zero attached hydrogens (tertiary/aromatic N) is 5. The van der Waals surface area contributed by atoms with E-state index in [0.717, 1.165) is 13.2 Å². The van der Waals surface area contributed by atoms with E-state index >= 15 is 0 Å². The molecule has 4 rings (SSSR count). The van der Waals surface area contributed by atoms with E-state index in [1.165, 1.54) is 75.8 Å². The van der Waals surface area contributed by atoms with Gasteiger partial charge in [-0.15, -0.1) is 0 Å². The molecule has 3 amide bonds. The van der Waals surface area contributed by atoms with Crippen molar-refractivity contribution in [3.05, 3.63) is 92.1 Å². The fraction of sp³-hybridized carbons (Fsp3) is 0.172. The molecule has 2 N–H and O–H groups in total. The molecule has 0 unspecified atom stereocenters. The Morgan fingerprint density at radius 2 is 1.58 bits per heavy atom. The summed E-state index contributed by atoms with van der Waals surface area (Å²) < 4.78 is 46.7. The Bertz CT molecular complexity index is 2010. The first-order valence-corrected chi connectivity index (χ1v) is 15.8. The number of esters is 1. The van der Waals surface area contributed by atoms with E-state index in [1.807, 2.05) is 0 Å². The third-order valence-corrected chi connectivity index (χ3v) is 7.72. The van der Waals surface area contributed by atoms with E-state index < -0.39 is 37.9 Å². The Morgan fingerprint density at radius 1 is 0.920 bits per heavy atom. The Kier molecular flexibility index (Phi) is 13.2. The highest BCUT2D eigenvalue weighted by molar-refractivity contribution is 7.90. The lowest BCUT2D eigenvalue weighted by Gasteiger charge is -2.14. The highest BCUT2D eigenvalue weighted by Gasteiger charge is 2.27. The number of nitrogens with one attached hydrogen (secondary N) is 2. The number of nitro benzene ring substituents is 1. The van der Waals surface area contributed by atoms with Crippen LogP contribution in [0.2, 0.25) is 10.0 Å². The summed E-state index contributed by atoms with van der Waals surface area (Å²) in [7, 11) is 2.29. The zero-order valence-corrected chi connectivity index (χ0v) is 29.0. The first-order valence-electron chi connectivity index (χ1n) is 13.6. The number of pyridine rings is 1. The van der Waals surface area contributed by atoms with Gasteiger partial charge >= 0.3 is 12.0 Å². The van der Waals surface area contributed by atoms with Crippen LogP contribution in [0.1, 0.15) is 20.7 Å². The maximum atomic E-state index is 12.5. The van der Waals surface area contributed by atoms with Crippen molar-refractivity contribution in [1.29, 1.82) is 0 Å². The molecule has 0 bridgehead atoms. The van der Waals surface area contributed by atoms with E-state index in [4.69, 9.17) is 37.4 Å². The lowest BCUT2D eigenvalue weighted by Crippen LogP contribution is -2.36. The number of halogens is 2. The molecule has 2 aromatic carbocycles. The first kappa shape index (κ1) is 38.7. The second-order valence-electron chi connectivity index (χ2n) is 9.50. The van der Waals surface area contributed by atoms with E-state index in [0.29, 0.717) is 10.8 Å². The van der Waals surface area contributed by atoms with Crippen LogP contribution in [0.25, 0.3) is 0 Å². The van der Waals surface area contributed by atoms with Gasteiger partial charge in [-0.2, -0.15) is 18.4 Å². The number of carbonyl (C=O) groups excluding carboxylic acids is 3. The maximum Gasteiger partial charge on any atom is 0.345 e. The molecule has 18 nitrogen and oxygen atoms in total. The van der Waals surface area contributed by atoms with E-state index in [2.05, 4.69) is 25.0 Å². The molecule has 0 aliphatic heterocycles. The maximum absolute atomic E-state index is 12.5. The molecule has 4 aromatic rings. The van der Waals surface area contributed by atoms with Crippen molar-refractivity contribution in [3.63, 3.8) is 0 Å². The van der Waals surface area contributed by atoms with Gasteiger partial charge < -0.3 is 23.8 Å². The fourth-order valence-electron chi connectivity index (χ4n) is 3.67. The minimum absolute atomic E-state index is 0.0913. The summed E-state index contributed by atoms with van der Waals surface area (Å²) in [5.41, 5.74) is -0.774. The Morgan fingerprint density at radius 3 is 2.14 bits per heavy atom. The molecule has 0 radical (unpaired) electrons. The van der Waals surface area contributed by atoms with Crippen LogP contribution in [-0.2, 0) is 14.8 Å². The van der Waals surface area contributed by atoms with Gasteiger partial charge in [-0.3, -0.25) is 20.2 Å². The van der Waals surface area contributed by atoms with Gasteiger partial charge in [0.15, 0.2) is 5.03 Å². The topological polar surface area (TPSA) is 231 Å². The zero-order valence-electron chi connectivity index (χ0n) is 26.7. The summed E-state index contributed by atoms with van der Waals surface area (Å²) in [5, 5.41) is 13.2. The van der Waals surface area contributed by atoms with Crippen molar-refractivity contribution < 1.29 is 46.7 Å². The smallest absolute Gasteiger partial charge is 0.345 e. The summed E-state index contributed by atoms with van der Waals surface area (Å²) in [6.07, 6.45) is 1.19. The number of aromatic nitrogens is 3.